The monoisotopic (exact) mass is 492 g/mol. The molecular formula is C23H25ClN2O6S. The molecule has 33 heavy (non-hydrogen) atoms. The number of carbonyl (C=O) groups is 3. The first-order valence-corrected chi connectivity index (χ1v) is 12.4. The summed E-state index contributed by atoms with van der Waals surface area (Å²) in [5.74, 6) is -1.53. The molecular weight excluding hydrogens is 468 g/mol. The molecule has 1 N–H and O–H groups in total. The van der Waals surface area contributed by atoms with Crippen molar-refractivity contribution in [3.8, 4) is 0 Å². The molecule has 0 bridgehead atoms. The van der Waals surface area contributed by atoms with Gasteiger partial charge in [-0.25, -0.2) is 8.42 Å². The van der Waals surface area contributed by atoms with Crippen LogP contribution in [0.3, 0.4) is 0 Å². The SMILES string of the molecule is O=C(COC(=O)CCC(=O)c1ccc(Cl)cc1)Nc1cccc(S(=O)(=O)N2CCCCC2)c1. The summed E-state index contributed by atoms with van der Waals surface area (Å²) in [4.78, 5) is 36.2. The Kier molecular flexibility index (Phi) is 8.60. The number of amides is 1. The highest BCUT2D eigenvalue weighted by atomic mass is 35.5. The smallest absolute Gasteiger partial charge is 0.306 e. The van der Waals surface area contributed by atoms with Crippen molar-refractivity contribution < 1.29 is 27.5 Å². The molecule has 0 saturated carbocycles. The number of esters is 1. The average Bonchev–Trinajstić information content (AvgIpc) is 2.82. The Morgan fingerprint density at radius 2 is 1.67 bits per heavy atom. The lowest BCUT2D eigenvalue weighted by Crippen LogP contribution is -2.35. The Bertz CT molecular complexity index is 1110. The van der Waals surface area contributed by atoms with Gasteiger partial charge in [0.2, 0.25) is 10.0 Å². The van der Waals surface area contributed by atoms with Crippen molar-refractivity contribution in [1.82, 2.24) is 4.31 Å². The lowest BCUT2D eigenvalue weighted by molar-refractivity contribution is -0.147. The predicted molar refractivity (Wildman–Crippen MR) is 124 cm³/mol. The fourth-order valence-electron chi connectivity index (χ4n) is 3.40. The van der Waals surface area contributed by atoms with E-state index in [1.807, 2.05) is 0 Å². The van der Waals surface area contributed by atoms with Crippen LogP contribution in [-0.4, -0.2) is 50.1 Å². The van der Waals surface area contributed by atoms with Gasteiger partial charge in [-0.3, -0.25) is 14.4 Å². The Balaban J connectivity index is 1.47. The number of halogens is 1. The van der Waals surface area contributed by atoms with Gasteiger partial charge in [-0.1, -0.05) is 24.1 Å². The van der Waals surface area contributed by atoms with Crippen molar-refractivity contribution >= 4 is 45.0 Å². The molecule has 1 saturated heterocycles. The summed E-state index contributed by atoms with van der Waals surface area (Å²) >= 11 is 5.78. The summed E-state index contributed by atoms with van der Waals surface area (Å²) in [6.07, 6.45) is 2.44. The van der Waals surface area contributed by atoms with Crippen molar-refractivity contribution in [2.45, 2.75) is 37.0 Å². The molecule has 1 aliphatic rings. The van der Waals surface area contributed by atoms with Crippen LogP contribution in [0, 0.1) is 0 Å². The Morgan fingerprint density at radius 1 is 0.970 bits per heavy atom. The zero-order chi connectivity index (χ0) is 23.8. The Morgan fingerprint density at radius 3 is 2.36 bits per heavy atom. The van der Waals surface area contributed by atoms with Crippen LogP contribution in [0.1, 0.15) is 42.5 Å². The molecule has 8 nitrogen and oxygen atoms in total. The van der Waals surface area contributed by atoms with Crippen LogP contribution in [0.4, 0.5) is 5.69 Å². The lowest BCUT2D eigenvalue weighted by Gasteiger charge is -2.26. The normalized spacial score (nSPS) is 14.5. The fourth-order valence-corrected chi connectivity index (χ4v) is 5.09. The van der Waals surface area contributed by atoms with Crippen molar-refractivity contribution in [1.29, 1.82) is 0 Å². The van der Waals surface area contributed by atoms with Gasteiger partial charge >= 0.3 is 5.97 Å². The fraction of sp³-hybridized carbons (Fsp3) is 0.348. The zero-order valence-corrected chi connectivity index (χ0v) is 19.5. The van der Waals surface area contributed by atoms with Gasteiger partial charge < -0.3 is 10.1 Å². The maximum Gasteiger partial charge on any atom is 0.306 e. The van der Waals surface area contributed by atoms with Crippen LogP contribution < -0.4 is 5.32 Å². The zero-order valence-electron chi connectivity index (χ0n) is 18.0. The van der Waals surface area contributed by atoms with E-state index < -0.39 is 28.5 Å². The second kappa shape index (κ2) is 11.4. The van der Waals surface area contributed by atoms with E-state index in [0.717, 1.165) is 19.3 Å². The van der Waals surface area contributed by atoms with Crippen LogP contribution in [-0.2, 0) is 24.3 Å². The standard InChI is InChI=1S/C23H25ClN2O6S/c24-18-9-7-17(8-10-18)21(27)11-12-23(29)32-16-22(28)25-19-5-4-6-20(15-19)33(30,31)26-13-2-1-3-14-26/h4-10,15H,1-3,11-14,16H2,(H,25,28). The van der Waals surface area contributed by atoms with Crippen LogP contribution in [0.15, 0.2) is 53.4 Å². The van der Waals surface area contributed by atoms with Crippen LogP contribution in [0.2, 0.25) is 5.02 Å². The molecule has 3 rings (SSSR count). The van der Waals surface area contributed by atoms with E-state index >= 15 is 0 Å². The van der Waals surface area contributed by atoms with Gasteiger partial charge in [0.05, 0.1) is 11.3 Å². The van der Waals surface area contributed by atoms with E-state index in [1.165, 1.54) is 16.4 Å². The van der Waals surface area contributed by atoms with Crippen molar-refractivity contribution in [3.05, 3.63) is 59.1 Å². The van der Waals surface area contributed by atoms with Crippen molar-refractivity contribution in [2.24, 2.45) is 0 Å². The highest BCUT2D eigenvalue weighted by Crippen LogP contribution is 2.23. The summed E-state index contributed by atoms with van der Waals surface area (Å²) in [5, 5.41) is 3.04. The number of hydrogen-bond donors (Lipinski definition) is 1. The third kappa shape index (κ3) is 7.12. The van der Waals surface area contributed by atoms with E-state index in [1.54, 1.807) is 36.4 Å². The summed E-state index contributed by atoms with van der Waals surface area (Å²) in [7, 11) is -3.63. The largest absolute Gasteiger partial charge is 0.456 e. The molecule has 2 aromatic rings. The molecule has 10 heteroatoms. The van der Waals surface area contributed by atoms with E-state index in [9.17, 15) is 22.8 Å². The van der Waals surface area contributed by atoms with Gasteiger partial charge in [-0.15, -0.1) is 0 Å². The van der Waals surface area contributed by atoms with Crippen molar-refractivity contribution in [3.63, 3.8) is 0 Å². The molecule has 1 amide bonds. The minimum Gasteiger partial charge on any atom is -0.456 e. The number of anilines is 1. The molecule has 0 aliphatic carbocycles. The number of piperidine rings is 1. The molecule has 0 unspecified atom stereocenters. The molecule has 0 atom stereocenters. The number of nitrogens with zero attached hydrogens (tertiary/aromatic N) is 1. The first-order valence-electron chi connectivity index (χ1n) is 10.6. The van der Waals surface area contributed by atoms with Gasteiger partial charge in [0.25, 0.3) is 5.91 Å². The summed E-state index contributed by atoms with van der Waals surface area (Å²) in [6.45, 7) is 0.419. The van der Waals surface area contributed by atoms with Crippen LogP contribution in [0.5, 0.6) is 0 Å². The predicted octanol–water partition coefficient (Wildman–Crippen LogP) is 3.66. The molecule has 1 fully saturated rings. The summed E-state index contributed by atoms with van der Waals surface area (Å²) in [5.41, 5.74) is 0.719. The van der Waals surface area contributed by atoms with Gasteiger partial charge in [-0.05, 0) is 55.3 Å². The number of hydrogen-bond acceptors (Lipinski definition) is 6. The number of Topliss-reactive ketones (excluding diaryl/α,β-unsaturated/α-hetero) is 1. The molecule has 0 aromatic heterocycles. The summed E-state index contributed by atoms with van der Waals surface area (Å²) in [6, 6.07) is 12.3. The highest BCUT2D eigenvalue weighted by molar-refractivity contribution is 7.89. The number of ether oxygens (including phenoxy) is 1. The van der Waals surface area contributed by atoms with Crippen LogP contribution in [0.25, 0.3) is 0 Å². The van der Waals surface area contributed by atoms with E-state index in [2.05, 4.69) is 5.32 Å². The first-order chi connectivity index (χ1) is 15.8. The van der Waals surface area contributed by atoms with E-state index in [4.69, 9.17) is 16.3 Å². The number of benzene rings is 2. The van der Waals surface area contributed by atoms with Gasteiger partial charge in [-0.2, -0.15) is 4.31 Å². The number of nitrogens with one attached hydrogen (secondary N) is 1. The maximum atomic E-state index is 12.8. The average molecular weight is 493 g/mol. The van der Waals surface area contributed by atoms with Crippen LogP contribution >= 0.6 is 11.6 Å². The quantitative estimate of drug-likeness (QED) is 0.422. The molecule has 176 valence electrons. The Hall–Kier alpha value is -2.75. The van der Waals surface area contributed by atoms with Gasteiger partial charge in [0.15, 0.2) is 12.4 Å². The molecule has 1 aliphatic heterocycles. The summed E-state index contributed by atoms with van der Waals surface area (Å²) < 4.78 is 32.0. The molecule has 1 heterocycles. The lowest BCUT2D eigenvalue weighted by atomic mass is 10.1. The minimum absolute atomic E-state index is 0.0571. The van der Waals surface area contributed by atoms with Crippen molar-refractivity contribution in [2.75, 3.05) is 25.0 Å². The topological polar surface area (TPSA) is 110 Å². The van der Waals surface area contributed by atoms with Gasteiger partial charge in [0, 0.05) is 35.8 Å². The maximum absolute atomic E-state index is 12.8. The number of ketones is 1. The molecule has 2 aromatic carbocycles. The Labute approximate surface area is 197 Å². The second-order valence-electron chi connectivity index (χ2n) is 7.63. The number of rotatable bonds is 9. The highest BCUT2D eigenvalue weighted by Gasteiger charge is 2.26. The molecule has 0 radical (unpaired) electrons. The van der Waals surface area contributed by atoms with Gasteiger partial charge in [0.1, 0.15) is 0 Å². The molecule has 0 spiro atoms. The van der Waals surface area contributed by atoms with E-state index in [-0.39, 0.29) is 29.2 Å². The third-order valence-corrected chi connectivity index (χ3v) is 7.30. The third-order valence-electron chi connectivity index (χ3n) is 5.16. The number of carbonyl (C=O) groups excluding carboxylic acids is 3. The minimum atomic E-state index is -3.63. The first kappa shape index (κ1) is 24.9. The second-order valence-corrected chi connectivity index (χ2v) is 10.0. The van der Waals surface area contributed by atoms with E-state index in [0.29, 0.717) is 23.7 Å². The number of sulfonamides is 1.